The summed E-state index contributed by atoms with van der Waals surface area (Å²) in [6.07, 6.45) is 0. The Labute approximate surface area is 288 Å². The number of benzene rings is 7. The Morgan fingerprint density at radius 1 is 0.340 bits per heavy atom. The van der Waals surface area contributed by atoms with Crippen molar-refractivity contribution in [1.82, 2.24) is 9.13 Å². The van der Waals surface area contributed by atoms with E-state index in [1.807, 2.05) is 48.5 Å². The Morgan fingerprint density at radius 2 is 0.660 bits per heavy atom. The van der Waals surface area contributed by atoms with Crippen LogP contribution in [0, 0.1) is 0 Å². The number of hydrogen-bond acceptors (Lipinski definition) is 4. The molecule has 2 aromatic heterocycles. The second-order valence-electron chi connectivity index (χ2n) is 13.2. The summed E-state index contributed by atoms with van der Waals surface area (Å²) < 4.78 is 17.2. The first-order valence-electron chi connectivity index (χ1n) is 16.9. The molecular weight excluding hydrogens is 617 g/mol. The Kier molecular flexibility index (Phi) is 5.43. The lowest BCUT2D eigenvalue weighted by Crippen LogP contribution is -2.15. The van der Waals surface area contributed by atoms with Gasteiger partial charge in [0, 0.05) is 58.0 Å². The van der Waals surface area contributed by atoms with E-state index in [-0.39, 0.29) is 0 Å². The summed E-state index contributed by atoms with van der Waals surface area (Å²) in [5.41, 5.74) is 11.1. The molecule has 0 atom stereocenters. The smallest absolute Gasteiger partial charge is 0.151 e. The van der Waals surface area contributed by atoms with Crippen LogP contribution in [0.15, 0.2) is 146 Å². The van der Waals surface area contributed by atoms with E-state index in [2.05, 4.69) is 130 Å². The third kappa shape index (κ3) is 3.67. The van der Waals surface area contributed by atoms with Gasteiger partial charge in [-0.05, 0) is 84.9 Å². The van der Waals surface area contributed by atoms with Crippen LogP contribution in [0.3, 0.4) is 0 Å². The van der Waals surface area contributed by atoms with Crippen LogP contribution >= 0.6 is 0 Å². The van der Waals surface area contributed by atoms with Gasteiger partial charge in [0.05, 0.1) is 33.8 Å². The van der Waals surface area contributed by atoms with Crippen LogP contribution in [0.4, 0.5) is 34.1 Å². The maximum Gasteiger partial charge on any atom is 0.151 e. The number of hydrogen-bond donors (Lipinski definition) is 0. The van der Waals surface area contributed by atoms with Gasteiger partial charge in [-0.15, -0.1) is 0 Å². The van der Waals surface area contributed by atoms with Gasteiger partial charge >= 0.3 is 0 Å². The van der Waals surface area contributed by atoms with Crippen molar-refractivity contribution in [3.63, 3.8) is 0 Å². The minimum absolute atomic E-state index is 0.853. The SMILES string of the molecule is Cn1c2cc(N3c4ccccc4Oc4ccccc43)ccc2c2cc3c(cc21)c1ccc(N2c4ccccc4Oc4ccccc42)cc1n3C. The van der Waals surface area contributed by atoms with Crippen molar-refractivity contribution >= 4 is 77.7 Å². The monoisotopic (exact) mass is 646 g/mol. The van der Waals surface area contributed by atoms with Crippen molar-refractivity contribution in [3.8, 4) is 23.0 Å². The number of ether oxygens (including phenoxy) is 2. The number of anilines is 6. The summed E-state index contributed by atoms with van der Waals surface area (Å²) in [4.78, 5) is 4.61. The van der Waals surface area contributed by atoms with E-state index in [0.29, 0.717) is 0 Å². The van der Waals surface area contributed by atoms with Gasteiger partial charge in [-0.3, -0.25) is 0 Å². The molecule has 50 heavy (non-hydrogen) atoms. The Hall–Kier alpha value is -6.66. The Morgan fingerprint density at radius 3 is 1.02 bits per heavy atom. The van der Waals surface area contributed by atoms with Crippen LogP contribution in [0.25, 0.3) is 43.6 Å². The third-order valence-electron chi connectivity index (χ3n) is 10.5. The summed E-state index contributed by atoms with van der Waals surface area (Å²) in [5, 5.41) is 4.95. The fourth-order valence-electron chi connectivity index (χ4n) is 8.12. The molecule has 238 valence electrons. The van der Waals surface area contributed by atoms with Crippen molar-refractivity contribution in [2.75, 3.05) is 9.80 Å². The van der Waals surface area contributed by atoms with Gasteiger partial charge in [-0.1, -0.05) is 60.7 Å². The molecule has 0 bridgehead atoms. The van der Waals surface area contributed by atoms with Gasteiger partial charge < -0.3 is 28.4 Å². The van der Waals surface area contributed by atoms with Crippen LogP contribution in [0.1, 0.15) is 0 Å². The molecule has 0 N–H and O–H groups in total. The number of aryl methyl sites for hydroxylation is 2. The molecule has 0 fully saturated rings. The van der Waals surface area contributed by atoms with Gasteiger partial charge in [0.1, 0.15) is 0 Å². The van der Waals surface area contributed by atoms with E-state index < -0.39 is 0 Å². The Balaban J connectivity index is 1.07. The van der Waals surface area contributed by atoms with Crippen LogP contribution < -0.4 is 19.3 Å². The highest BCUT2D eigenvalue weighted by atomic mass is 16.5. The minimum atomic E-state index is 0.853. The van der Waals surface area contributed by atoms with E-state index in [1.54, 1.807) is 0 Å². The van der Waals surface area contributed by atoms with Crippen LogP contribution in [-0.4, -0.2) is 9.13 Å². The molecule has 6 heteroatoms. The van der Waals surface area contributed by atoms with Gasteiger partial charge in [0.2, 0.25) is 0 Å². The quantitative estimate of drug-likeness (QED) is 0.187. The van der Waals surface area contributed by atoms with Gasteiger partial charge in [-0.25, -0.2) is 0 Å². The maximum atomic E-state index is 6.29. The van der Waals surface area contributed by atoms with Crippen molar-refractivity contribution < 1.29 is 9.47 Å². The number of fused-ring (bicyclic) bond motifs is 10. The zero-order valence-electron chi connectivity index (χ0n) is 27.5. The van der Waals surface area contributed by atoms with Crippen molar-refractivity contribution in [1.29, 1.82) is 0 Å². The maximum absolute atomic E-state index is 6.29. The van der Waals surface area contributed by atoms with Crippen molar-refractivity contribution in [2.45, 2.75) is 0 Å². The molecule has 0 amide bonds. The fraction of sp³-hybridized carbons (Fsp3) is 0.0455. The summed E-state index contributed by atoms with van der Waals surface area (Å²) in [7, 11) is 4.36. The molecule has 0 unspecified atom stereocenters. The molecule has 0 radical (unpaired) electrons. The van der Waals surface area contributed by atoms with E-state index in [0.717, 1.165) is 57.1 Å². The van der Waals surface area contributed by atoms with E-state index >= 15 is 0 Å². The average Bonchev–Trinajstić information content (AvgIpc) is 3.60. The fourth-order valence-corrected chi connectivity index (χ4v) is 8.12. The summed E-state index contributed by atoms with van der Waals surface area (Å²) in [5.74, 6) is 3.41. The lowest BCUT2D eigenvalue weighted by molar-refractivity contribution is 0.477. The Bertz CT molecular complexity index is 2590. The molecule has 7 aromatic carbocycles. The molecule has 2 aliphatic heterocycles. The zero-order chi connectivity index (χ0) is 33.1. The predicted octanol–water partition coefficient (Wildman–Crippen LogP) is 12.1. The average molecular weight is 647 g/mol. The summed E-state index contributed by atoms with van der Waals surface area (Å²) >= 11 is 0. The first kappa shape index (κ1) is 27.3. The normalized spacial score (nSPS) is 13.2. The second-order valence-corrected chi connectivity index (χ2v) is 13.2. The molecule has 2 aliphatic rings. The number of aromatic nitrogens is 2. The highest BCUT2D eigenvalue weighted by molar-refractivity contribution is 6.18. The van der Waals surface area contributed by atoms with E-state index in [1.165, 1.54) is 43.6 Å². The third-order valence-corrected chi connectivity index (χ3v) is 10.5. The molecule has 0 saturated carbocycles. The first-order chi connectivity index (χ1) is 24.6. The summed E-state index contributed by atoms with van der Waals surface area (Å²) in [6, 6.07) is 51.3. The molecule has 11 rings (SSSR count). The molecular formula is C44H30N4O2. The topological polar surface area (TPSA) is 34.8 Å². The molecule has 9 aromatic rings. The lowest BCUT2D eigenvalue weighted by atomic mass is 10.1. The van der Waals surface area contributed by atoms with Gasteiger partial charge in [0.15, 0.2) is 23.0 Å². The van der Waals surface area contributed by atoms with Crippen molar-refractivity contribution in [3.05, 3.63) is 146 Å². The standard InChI is InChI=1S/C44H30N4O2/c1-45-37-23-27(47-33-11-3-7-15-41(33)49-42-16-8-4-12-34(42)47)19-21-29(37)31-26-40-32(25-39(31)45)30-22-20-28(24-38(30)46(40)2)48-35-13-5-9-17-43(35)50-44-18-10-6-14-36(44)48/h3-26H,1-2H3. The van der Waals surface area contributed by atoms with E-state index in [4.69, 9.17) is 9.47 Å². The molecule has 0 spiro atoms. The molecule has 0 saturated heterocycles. The highest BCUT2D eigenvalue weighted by Gasteiger charge is 2.28. The first-order valence-corrected chi connectivity index (χ1v) is 16.9. The van der Waals surface area contributed by atoms with Crippen LogP contribution in [0.5, 0.6) is 23.0 Å². The minimum Gasteiger partial charge on any atom is -0.453 e. The number of rotatable bonds is 2. The highest BCUT2D eigenvalue weighted by Crippen LogP contribution is 2.52. The van der Waals surface area contributed by atoms with Gasteiger partial charge in [0.25, 0.3) is 0 Å². The zero-order valence-corrected chi connectivity index (χ0v) is 27.5. The molecule has 0 aliphatic carbocycles. The lowest BCUT2D eigenvalue weighted by Gasteiger charge is -2.32. The largest absolute Gasteiger partial charge is 0.453 e. The second kappa shape index (κ2) is 9.94. The number of nitrogens with zero attached hydrogens (tertiary/aromatic N) is 4. The van der Waals surface area contributed by atoms with Crippen LogP contribution in [0.2, 0.25) is 0 Å². The van der Waals surface area contributed by atoms with Crippen LogP contribution in [-0.2, 0) is 14.1 Å². The van der Waals surface area contributed by atoms with Crippen molar-refractivity contribution in [2.24, 2.45) is 14.1 Å². The summed E-state index contributed by atoms with van der Waals surface area (Å²) in [6.45, 7) is 0. The number of para-hydroxylation sites is 8. The molecule has 6 nitrogen and oxygen atoms in total. The molecule has 4 heterocycles. The van der Waals surface area contributed by atoms with E-state index in [9.17, 15) is 0 Å². The predicted molar refractivity (Wildman–Crippen MR) is 204 cm³/mol. The van der Waals surface area contributed by atoms with Gasteiger partial charge in [-0.2, -0.15) is 0 Å².